The van der Waals surface area contributed by atoms with Crippen LogP contribution in [0.15, 0.2) is 49.1 Å². The summed E-state index contributed by atoms with van der Waals surface area (Å²) in [7, 11) is 0. The van der Waals surface area contributed by atoms with Crippen LogP contribution in [0.25, 0.3) is 22.0 Å². The number of hydrogen-bond donors (Lipinski definition) is 1. The molecule has 5 heteroatoms. The molecule has 4 heterocycles. The molecule has 1 aliphatic heterocycles. The summed E-state index contributed by atoms with van der Waals surface area (Å²) in [5.41, 5.74) is 8.18. The maximum absolute atomic E-state index is 6.17. The van der Waals surface area contributed by atoms with Gasteiger partial charge in [0.2, 0.25) is 0 Å². The Bertz CT molecular complexity index is 818. The van der Waals surface area contributed by atoms with Gasteiger partial charge in [0.05, 0.1) is 5.69 Å². The summed E-state index contributed by atoms with van der Waals surface area (Å²) in [6.45, 7) is 1.85. The number of nitrogens with two attached hydrogens (primary N) is 1. The highest BCUT2D eigenvalue weighted by Crippen LogP contribution is 2.30. The number of hydrogen-bond acceptors (Lipinski definition) is 5. The monoisotopic (exact) mass is 305 g/mol. The molecular formula is C18H19N5. The first-order valence-corrected chi connectivity index (χ1v) is 7.97. The molecule has 2 N–H and O–H groups in total. The third-order valence-corrected chi connectivity index (χ3v) is 4.34. The summed E-state index contributed by atoms with van der Waals surface area (Å²) in [6, 6.07) is 8.30. The Kier molecular flexibility index (Phi) is 3.63. The van der Waals surface area contributed by atoms with E-state index in [-0.39, 0.29) is 6.04 Å². The molecule has 1 aliphatic rings. The van der Waals surface area contributed by atoms with Crippen LogP contribution in [-0.2, 0) is 0 Å². The van der Waals surface area contributed by atoms with Crippen molar-refractivity contribution in [2.75, 3.05) is 18.0 Å². The molecular weight excluding hydrogens is 286 g/mol. The molecule has 1 unspecified atom stereocenters. The molecule has 1 saturated heterocycles. The van der Waals surface area contributed by atoms with Crippen molar-refractivity contribution in [3.63, 3.8) is 0 Å². The number of piperidine rings is 1. The molecule has 3 aromatic heterocycles. The lowest BCUT2D eigenvalue weighted by molar-refractivity contribution is 0.504. The van der Waals surface area contributed by atoms with Crippen LogP contribution in [0.5, 0.6) is 0 Å². The zero-order valence-corrected chi connectivity index (χ0v) is 12.9. The van der Waals surface area contributed by atoms with Crippen molar-refractivity contribution in [2.24, 2.45) is 5.73 Å². The molecule has 1 atom stereocenters. The molecule has 4 rings (SSSR count). The third-order valence-electron chi connectivity index (χ3n) is 4.34. The Balaban J connectivity index is 1.87. The Labute approximate surface area is 135 Å². The van der Waals surface area contributed by atoms with Crippen LogP contribution in [0.4, 0.5) is 5.82 Å². The number of anilines is 1. The lowest BCUT2D eigenvalue weighted by Crippen LogP contribution is -2.43. The Morgan fingerprint density at radius 2 is 1.91 bits per heavy atom. The number of fused-ring (bicyclic) bond motifs is 1. The molecule has 0 aromatic carbocycles. The first-order valence-electron chi connectivity index (χ1n) is 7.97. The van der Waals surface area contributed by atoms with E-state index in [1.54, 1.807) is 12.4 Å². The molecule has 1 fully saturated rings. The van der Waals surface area contributed by atoms with Crippen molar-refractivity contribution in [1.29, 1.82) is 0 Å². The first kappa shape index (κ1) is 14.1. The van der Waals surface area contributed by atoms with E-state index in [4.69, 9.17) is 10.7 Å². The maximum Gasteiger partial charge on any atom is 0.137 e. The van der Waals surface area contributed by atoms with Gasteiger partial charge in [-0.05, 0) is 37.1 Å². The van der Waals surface area contributed by atoms with E-state index in [0.717, 1.165) is 53.8 Å². The summed E-state index contributed by atoms with van der Waals surface area (Å²) in [6.07, 6.45) is 9.50. The average molecular weight is 305 g/mol. The van der Waals surface area contributed by atoms with Gasteiger partial charge in [-0.25, -0.2) is 4.98 Å². The van der Waals surface area contributed by atoms with E-state index in [0.29, 0.717) is 0 Å². The SMILES string of the molecule is NC1CCCN(c2nc(-c3ccncc3)cc3cnccc23)C1. The summed E-state index contributed by atoms with van der Waals surface area (Å²) < 4.78 is 0. The van der Waals surface area contributed by atoms with Gasteiger partial charge in [0, 0.05) is 60.3 Å². The minimum atomic E-state index is 0.215. The predicted octanol–water partition coefficient (Wildman–Crippen LogP) is 2.62. The van der Waals surface area contributed by atoms with Crippen LogP contribution in [0, 0.1) is 0 Å². The Hall–Kier alpha value is -2.53. The van der Waals surface area contributed by atoms with Gasteiger partial charge in [0.25, 0.3) is 0 Å². The van der Waals surface area contributed by atoms with Gasteiger partial charge in [0.1, 0.15) is 5.82 Å². The minimum absolute atomic E-state index is 0.215. The second-order valence-corrected chi connectivity index (χ2v) is 6.01. The lowest BCUT2D eigenvalue weighted by atomic mass is 10.0. The smallest absolute Gasteiger partial charge is 0.137 e. The van der Waals surface area contributed by atoms with E-state index in [1.165, 1.54) is 0 Å². The molecule has 0 bridgehead atoms. The highest BCUT2D eigenvalue weighted by Gasteiger charge is 2.20. The normalized spacial score (nSPS) is 18.3. The minimum Gasteiger partial charge on any atom is -0.355 e. The zero-order chi connectivity index (χ0) is 15.6. The number of rotatable bonds is 2. The molecule has 0 spiro atoms. The van der Waals surface area contributed by atoms with Crippen molar-refractivity contribution in [2.45, 2.75) is 18.9 Å². The highest BCUT2D eigenvalue weighted by molar-refractivity contribution is 5.94. The molecule has 5 nitrogen and oxygen atoms in total. The van der Waals surface area contributed by atoms with Crippen molar-refractivity contribution < 1.29 is 0 Å². The Morgan fingerprint density at radius 3 is 2.74 bits per heavy atom. The third kappa shape index (κ3) is 2.75. The van der Waals surface area contributed by atoms with Gasteiger partial charge in [-0.1, -0.05) is 0 Å². The van der Waals surface area contributed by atoms with Crippen molar-refractivity contribution in [3.8, 4) is 11.3 Å². The molecule has 0 amide bonds. The van der Waals surface area contributed by atoms with Crippen LogP contribution in [0.1, 0.15) is 12.8 Å². The van der Waals surface area contributed by atoms with Crippen LogP contribution in [0.3, 0.4) is 0 Å². The van der Waals surface area contributed by atoms with Gasteiger partial charge in [0.15, 0.2) is 0 Å². The highest BCUT2D eigenvalue weighted by atomic mass is 15.2. The van der Waals surface area contributed by atoms with Gasteiger partial charge in [-0.15, -0.1) is 0 Å². The van der Waals surface area contributed by atoms with Crippen molar-refractivity contribution in [3.05, 3.63) is 49.1 Å². The van der Waals surface area contributed by atoms with Gasteiger partial charge >= 0.3 is 0 Å². The molecule has 0 aliphatic carbocycles. The first-order chi connectivity index (χ1) is 11.3. The number of nitrogens with zero attached hydrogens (tertiary/aromatic N) is 4. The zero-order valence-electron chi connectivity index (χ0n) is 12.9. The Morgan fingerprint density at radius 1 is 1.09 bits per heavy atom. The van der Waals surface area contributed by atoms with Crippen LogP contribution < -0.4 is 10.6 Å². The number of pyridine rings is 3. The second kappa shape index (κ2) is 5.93. The molecule has 0 radical (unpaired) electrons. The van der Waals surface area contributed by atoms with E-state index >= 15 is 0 Å². The van der Waals surface area contributed by atoms with Gasteiger partial charge < -0.3 is 10.6 Å². The van der Waals surface area contributed by atoms with Crippen molar-refractivity contribution in [1.82, 2.24) is 15.0 Å². The average Bonchev–Trinajstić information content (AvgIpc) is 2.61. The largest absolute Gasteiger partial charge is 0.355 e. The number of aromatic nitrogens is 3. The van der Waals surface area contributed by atoms with Gasteiger partial charge in [-0.3, -0.25) is 9.97 Å². The fourth-order valence-corrected chi connectivity index (χ4v) is 3.19. The van der Waals surface area contributed by atoms with Crippen molar-refractivity contribution >= 4 is 16.6 Å². The molecule has 23 heavy (non-hydrogen) atoms. The topological polar surface area (TPSA) is 67.9 Å². The molecule has 0 saturated carbocycles. The predicted molar refractivity (Wildman–Crippen MR) is 92.2 cm³/mol. The summed E-state index contributed by atoms with van der Waals surface area (Å²) in [5, 5.41) is 2.23. The fraction of sp³-hybridized carbons (Fsp3) is 0.278. The van der Waals surface area contributed by atoms with Crippen LogP contribution in [0.2, 0.25) is 0 Å². The molecule has 116 valence electrons. The van der Waals surface area contributed by atoms with E-state index in [1.807, 2.05) is 30.6 Å². The van der Waals surface area contributed by atoms with Crippen LogP contribution >= 0.6 is 0 Å². The quantitative estimate of drug-likeness (QED) is 0.788. The lowest BCUT2D eigenvalue weighted by Gasteiger charge is -2.32. The molecule has 3 aromatic rings. The van der Waals surface area contributed by atoms with E-state index < -0.39 is 0 Å². The fourth-order valence-electron chi connectivity index (χ4n) is 3.19. The second-order valence-electron chi connectivity index (χ2n) is 6.01. The van der Waals surface area contributed by atoms with E-state index in [9.17, 15) is 0 Å². The summed E-state index contributed by atoms with van der Waals surface area (Å²) >= 11 is 0. The van der Waals surface area contributed by atoms with Gasteiger partial charge in [-0.2, -0.15) is 0 Å². The van der Waals surface area contributed by atoms with Crippen LogP contribution in [-0.4, -0.2) is 34.1 Å². The summed E-state index contributed by atoms with van der Waals surface area (Å²) in [5.74, 6) is 1.01. The maximum atomic E-state index is 6.17. The summed E-state index contributed by atoms with van der Waals surface area (Å²) in [4.78, 5) is 15.6. The van der Waals surface area contributed by atoms with E-state index in [2.05, 4.69) is 20.9 Å². The standard InChI is InChI=1S/C18H19N5/c19-15-2-1-9-23(12-15)18-16-5-8-21-11-14(16)10-17(22-18)13-3-6-20-7-4-13/h3-8,10-11,15H,1-2,9,12,19H2.